The van der Waals surface area contributed by atoms with Crippen molar-refractivity contribution in [3.05, 3.63) is 35.9 Å². The molecule has 23 heavy (non-hydrogen) atoms. The van der Waals surface area contributed by atoms with Crippen LogP contribution in [0.5, 0.6) is 0 Å². The van der Waals surface area contributed by atoms with Crippen molar-refractivity contribution < 1.29 is 19.1 Å². The van der Waals surface area contributed by atoms with Gasteiger partial charge in [0.25, 0.3) is 0 Å². The summed E-state index contributed by atoms with van der Waals surface area (Å²) in [4.78, 5) is 38.0. The van der Waals surface area contributed by atoms with Crippen LogP contribution in [0, 0.1) is 11.8 Å². The van der Waals surface area contributed by atoms with E-state index in [4.69, 9.17) is 4.74 Å². The lowest BCUT2D eigenvalue weighted by Gasteiger charge is -2.25. The number of nitrogens with zero attached hydrogens (tertiary/aromatic N) is 1. The number of carbonyl (C=O) groups excluding carboxylic acids is 3. The SMILES string of the molecule is CCOC(=O)C[C@H]1CN([C@@H](C)c2ccccc2)C(=O)[C@@H]1C(C)=O. The molecule has 1 amide bonds. The van der Waals surface area contributed by atoms with Crippen molar-refractivity contribution in [2.75, 3.05) is 13.2 Å². The standard InChI is InChI=1S/C18H23NO4/c1-4-23-16(21)10-15-11-19(18(22)17(15)13(3)20)12(2)14-8-6-5-7-9-14/h5-9,12,15,17H,4,10-11H2,1-3H3/t12-,15-,17+/m0/s1. The zero-order chi connectivity index (χ0) is 17.0. The molecule has 1 aliphatic heterocycles. The zero-order valence-electron chi connectivity index (χ0n) is 13.8. The van der Waals surface area contributed by atoms with Gasteiger partial charge in [-0.25, -0.2) is 0 Å². The summed E-state index contributed by atoms with van der Waals surface area (Å²) in [6.45, 7) is 5.80. The summed E-state index contributed by atoms with van der Waals surface area (Å²) >= 11 is 0. The number of Topliss-reactive ketones (excluding diaryl/α,β-unsaturated/α-hetero) is 1. The van der Waals surface area contributed by atoms with Crippen LogP contribution in [0.15, 0.2) is 30.3 Å². The zero-order valence-corrected chi connectivity index (χ0v) is 13.8. The molecule has 1 aromatic carbocycles. The molecular weight excluding hydrogens is 294 g/mol. The summed E-state index contributed by atoms with van der Waals surface area (Å²) < 4.78 is 4.97. The molecule has 5 nitrogen and oxygen atoms in total. The van der Waals surface area contributed by atoms with E-state index in [1.54, 1.807) is 11.8 Å². The first-order chi connectivity index (χ1) is 11.0. The first-order valence-corrected chi connectivity index (χ1v) is 7.97. The molecular formula is C18H23NO4. The fourth-order valence-corrected chi connectivity index (χ4v) is 3.21. The second kappa shape index (κ2) is 7.40. The van der Waals surface area contributed by atoms with Gasteiger partial charge in [0.2, 0.25) is 5.91 Å². The van der Waals surface area contributed by atoms with Crippen LogP contribution in [0.4, 0.5) is 0 Å². The number of carbonyl (C=O) groups is 3. The number of hydrogen-bond acceptors (Lipinski definition) is 4. The Hall–Kier alpha value is -2.17. The lowest BCUT2D eigenvalue weighted by atomic mass is 9.89. The molecule has 0 aromatic heterocycles. The number of ketones is 1. The van der Waals surface area contributed by atoms with E-state index in [0.717, 1.165) is 5.56 Å². The van der Waals surface area contributed by atoms with Crippen LogP contribution >= 0.6 is 0 Å². The quantitative estimate of drug-likeness (QED) is 0.597. The minimum atomic E-state index is -0.745. The highest BCUT2D eigenvalue weighted by Gasteiger charge is 2.45. The molecule has 0 saturated carbocycles. The fourth-order valence-electron chi connectivity index (χ4n) is 3.21. The Labute approximate surface area is 136 Å². The predicted molar refractivity (Wildman–Crippen MR) is 85.5 cm³/mol. The Bertz CT molecular complexity index is 584. The number of hydrogen-bond donors (Lipinski definition) is 0. The number of likely N-dealkylation sites (tertiary alicyclic amines) is 1. The molecule has 1 fully saturated rings. The molecule has 1 heterocycles. The lowest BCUT2D eigenvalue weighted by molar-refractivity contribution is -0.144. The molecule has 0 radical (unpaired) electrons. The maximum Gasteiger partial charge on any atom is 0.306 e. The fraction of sp³-hybridized carbons (Fsp3) is 0.500. The summed E-state index contributed by atoms with van der Waals surface area (Å²) in [7, 11) is 0. The van der Waals surface area contributed by atoms with Crippen molar-refractivity contribution in [1.29, 1.82) is 0 Å². The highest BCUT2D eigenvalue weighted by Crippen LogP contribution is 2.34. The third-order valence-corrected chi connectivity index (χ3v) is 4.37. The first kappa shape index (κ1) is 17.2. The van der Waals surface area contributed by atoms with Gasteiger partial charge in [0.15, 0.2) is 0 Å². The number of rotatable bonds is 6. The summed E-state index contributed by atoms with van der Waals surface area (Å²) in [6.07, 6.45) is 0.0990. The highest BCUT2D eigenvalue weighted by atomic mass is 16.5. The summed E-state index contributed by atoms with van der Waals surface area (Å²) in [5.74, 6) is -1.79. The van der Waals surface area contributed by atoms with Crippen molar-refractivity contribution in [2.24, 2.45) is 11.8 Å². The summed E-state index contributed by atoms with van der Waals surface area (Å²) in [6, 6.07) is 9.55. The molecule has 0 N–H and O–H groups in total. The Morgan fingerprint density at radius 1 is 1.30 bits per heavy atom. The molecule has 2 rings (SSSR count). The molecule has 0 aliphatic carbocycles. The lowest BCUT2D eigenvalue weighted by Crippen LogP contribution is -2.32. The summed E-state index contributed by atoms with van der Waals surface area (Å²) in [5.41, 5.74) is 1.01. The van der Waals surface area contributed by atoms with Gasteiger partial charge in [-0.1, -0.05) is 30.3 Å². The van der Waals surface area contributed by atoms with Crippen LogP contribution in [-0.2, 0) is 19.1 Å². The second-order valence-corrected chi connectivity index (χ2v) is 5.93. The van der Waals surface area contributed by atoms with Crippen LogP contribution in [0.3, 0.4) is 0 Å². The molecule has 124 valence electrons. The van der Waals surface area contributed by atoms with E-state index in [1.807, 2.05) is 37.3 Å². The average molecular weight is 317 g/mol. The van der Waals surface area contributed by atoms with Crippen LogP contribution in [-0.4, -0.2) is 35.7 Å². The van der Waals surface area contributed by atoms with Crippen LogP contribution in [0.25, 0.3) is 0 Å². The predicted octanol–water partition coefficient (Wildman–Crippen LogP) is 2.36. The van der Waals surface area contributed by atoms with Gasteiger partial charge in [0.05, 0.1) is 19.1 Å². The number of esters is 1. The largest absolute Gasteiger partial charge is 0.466 e. The highest BCUT2D eigenvalue weighted by molar-refractivity contribution is 6.02. The molecule has 0 unspecified atom stereocenters. The van der Waals surface area contributed by atoms with Gasteiger partial charge in [0.1, 0.15) is 11.7 Å². The second-order valence-electron chi connectivity index (χ2n) is 5.93. The van der Waals surface area contributed by atoms with E-state index in [1.165, 1.54) is 6.92 Å². The Balaban J connectivity index is 2.18. The average Bonchev–Trinajstić information content (AvgIpc) is 2.84. The number of ether oxygens (including phenoxy) is 1. The van der Waals surface area contributed by atoms with Crippen molar-refractivity contribution in [3.63, 3.8) is 0 Å². The van der Waals surface area contributed by atoms with Crippen molar-refractivity contribution in [3.8, 4) is 0 Å². The van der Waals surface area contributed by atoms with Gasteiger partial charge in [-0.15, -0.1) is 0 Å². The molecule has 1 saturated heterocycles. The normalized spacial score (nSPS) is 22.0. The van der Waals surface area contributed by atoms with E-state index in [0.29, 0.717) is 13.2 Å². The molecule has 3 atom stereocenters. The van der Waals surface area contributed by atoms with E-state index >= 15 is 0 Å². The van der Waals surface area contributed by atoms with Gasteiger partial charge in [-0.3, -0.25) is 14.4 Å². The smallest absolute Gasteiger partial charge is 0.306 e. The van der Waals surface area contributed by atoms with Gasteiger partial charge in [-0.2, -0.15) is 0 Å². The van der Waals surface area contributed by atoms with Gasteiger partial charge in [0, 0.05) is 12.5 Å². The number of benzene rings is 1. The van der Waals surface area contributed by atoms with Gasteiger partial charge >= 0.3 is 5.97 Å². The minimum absolute atomic E-state index is 0.0990. The maximum absolute atomic E-state index is 12.7. The van der Waals surface area contributed by atoms with E-state index in [-0.39, 0.29) is 36.0 Å². The monoisotopic (exact) mass is 317 g/mol. The van der Waals surface area contributed by atoms with Crippen molar-refractivity contribution in [2.45, 2.75) is 33.2 Å². The molecule has 5 heteroatoms. The van der Waals surface area contributed by atoms with Crippen LogP contribution in [0.1, 0.15) is 38.8 Å². The molecule has 0 spiro atoms. The maximum atomic E-state index is 12.7. The van der Waals surface area contributed by atoms with Crippen LogP contribution in [0.2, 0.25) is 0 Å². The third-order valence-electron chi connectivity index (χ3n) is 4.37. The Morgan fingerprint density at radius 3 is 2.52 bits per heavy atom. The van der Waals surface area contributed by atoms with E-state index in [2.05, 4.69) is 0 Å². The van der Waals surface area contributed by atoms with Gasteiger partial charge in [-0.05, 0) is 26.3 Å². The Morgan fingerprint density at radius 2 is 1.96 bits per heavy atom. The molecule has 1 aromatic rings. The van der Waals surface area contributed by atoms with Crippen LogP contribution < -0.4 is 0 Å². The van der Waals surface area contributed by atoms with Crippen molar-refractivity contribution >= 4 is 17.7 Å². The number of amides is 1. The van der Waals surface area contributed by atoms with Gasteiger partial charge < -0.3 is 9.64 Å². The first-order valence-electron chi connectivity index (χ1n) is 7.97. The van der Waals surface area contributed by atoms with E-state index in [9.17, 15) is 14.4 Å². The van der Waals surface area contributed by atoms with E-state index < -0.39 is 5.92 Å². The Kier molecular flexibility index (Phi) is 5.53. The van der Waals surface area contributed by atoms with Crippen molar-refractivity contribution in [1.82, 2.24) is 4.90 Å². The minimum Gasteiger partial charge on any atom is -0.466 e. The third kappa shape index (κ3) is 3.78. The molecule has 0 bridgehead atoms. The summed E-state index contributed by atoms with van der Waals surface area (Å²) in [5, 5.41) is 0. The molecule has 1 aliphatic rings. The topological polar surface area (TPSA) is 63.7 Å².